The Kier molecular flexibility index (Phi) is 6.94. The number of nitrogens with one attached hydrogen (secondary N) is 1. The van der Waals surface area contributed by atoms with Gasteiger partial charge in [-0.15, -0.1) is 0 Å². The highest BCUT2D eigenvalue weighted by molar-refractivity contribution is 7.89. The molecular weight excluding hydrogens is 442 g/mol. The van der Waals surface area contributed by atoms with E-state index in [1.165, 1.54) is 28.6 Å². The van der Waals surface area contributed by atoms with Crippen LogP contribution in [0.3, 0.4) is 0 Å². The van der Waals surface area contributed by atoms with Crippen molar-refractivity contribution in [3.05, 3.63) is 59.2 Å². The van der Waals surface area contributed by atoms with E-state index in [1.54, 1.807) is 0 Å². The number of sulfonamides is 1. The molecule has 2 aromatic rings. The Morgan fingerprint density at radius 3 is 2.19 bits per heavy atom. The Morgan fingerprint density at radius 2 is 1.62 bits per heavy atom. The van der Waals surface area contributed by atoms with Gasteiger partial charge < -0.3 is 10.1 Å². The van der Waals surface area contributed by atoms with Gasteiger partial charge in [-0.3, -0.25) is 4.79 Å². The molecule has 0 aliphatic carbocycles. The minimum atomic E-state index is -3.71. The second-order valence-electron chi connectivity index (χ2n) is 8.05. The van der Waals surface area contributed by atoms with Gasteiger partial charge in [0.1, 0.15) is 11.6 Å². The van der Waals surface area contributed by atoms with Crippen LogP contribution in [0.5, 0.6) is 0 Å². The third-order valence-electron chi connectivity index (χ3n) is 5.30. The van der Waals surface area contributed by atoms with Crippen LogP contribution >= 0.6 is 0 Å². The predicted molar refractivity (Wildman–Crippen MR) is 114 cm³/mol. The molecule has 0 saturated carbocycles. The number of esters is 1. The van der Waals surface area contributed by atoms with Gasteiger partial charge in [-0.05, 0) is 48.6 Å². The first kappa shape index (κ1) is 23.8. The molecule has 0 spiro atoms. The summed E-state index contributed by atoms with van der Waals surface area (Å²) < 4.78 is 59.6. The summed E-state index contributed by atoms with van der Waals surface area (Å²) in [6, 6.07) is 6.55. The van der Waals surface area contributed by atoms with Gasteiger partial charge in [-0.1, -0.05) is 13.8 Å². The number of carbonyl (C=O) groups is 2. The average Bonchev–Trinajstić information content (AvgIpc) is 2.74. The van der Waals surface area contributed by atoms with Crippen molar-refractivity contribution in [2.75, 3.05) is 25.5 Å². The van der Waals surface area contributed by atoms with Crippen LogP contribution in [-0.2, 0) is 14.8 Å². The summed E-state index contributed by atoms with van der Waals surface area (Å²) in [4.78, 5) is 24.2. The number of ether oxygens (including phenoxy) is 1. The summed E-state index contributed by atoms with van der Waals surface area (Å²) in [6.45, 7) is 4.88. The van der Waals surface area contributed by atoms with Crippen molar-refractivity contribution in [1.29, 1.82) is 0 Å². The van der Waals surface area contributed by atoms with Crippen molar-refractivity contribution < 1.29 is 31.5 Å². The Labute approximate surface area is 185 Å². The molecule has 172 valence electrons. The molecule has 1 N–H and O–H groups in total. The number of benzene rings is 2. The number of carbonyl (C=O) groups excluding carboxylic acids is 2. The molecular formula is C22H24F2N2O5S. The highest BCUT2D eigenvalue weighted by Gasteiger charge is 2.31. The fourth-order valence-corrected chi connectivity index (χ4v) is 5.51. The van der Waals surface area contributed by atoms with Crippen LogP contribution in [0, 0.1) is 23.5 Å². The van der Waals surface area contributed by atoms with Gasteiger partial charge in [-0.2, -0.15) is 4.31 Å². The number of nitrogens with zero attached hydrogens (tertiary/aromatic N) is 1. The van der Waals surface area contributed by atoms with E-state index >= 15 is 0 Å². The molecule has 1 amide bonds. The van der Waals surface area contributed by atoms with Crippen LogP contribution in [0.1, 0.15) is 41.0 Å². The first-order valence-corrected chi connectivity index (χ1v) is 11.5. The van der Waals surface area contributed by atoms with Gasteiger partial charge >= 0.3 is 5.97 Å². The zero-order chi connectivity index (χ0) is 23.6. The number of anilines is 1. The molecule has 2 unspecified atom stereocenters. The quantitative estimate of drug-likeness (QED) is 0.679. The first-order chi connectivity index (χ1) is 15.0. The molecule has 10 heteroatoms. The van der Waals surface area contributed by atoms with Gasteiger partial charge in [0.2, 0.25) is 10.0 Å². The Hall–Kier alpha value is -2.85. The van der Waals surface area contributed by atoms with E-state index < -0.39 is 44.8 Å². The highest BCUT2D eigenvalue weighted by atomic mass is 32.2. The van der Waals surface area contributed by atoms with Crippen molar-refractivity contribution >= 4 is 27.6 Å². The van der Waals surface area contributed by atoms with E-state index in [-0.39, 0.29) is 22.3 Å². The lowest BCUT2D eigenvalue weighted by Crippen LogP contribution is -2.42. The van der Waals surface area contributed by atoms with Gasteiger partial charge in [0.25, 0.3) is 5.91 Å². The number of methoxy groups -OCH3 is 1. The molecule has 32 heavy (non-hydrogen) atoms. The highest BCUT2D eigenvalue weighted by Crippen LogP contribution is 2.27. The van der Waals surface area contributed by atoms with Gasteiger partial charge in [0.05, 0.1) is 23.3 Å². The Morgan fingerprint density at radius 1 is 1.03 bits per heavy atom. The van der Waals surface area contributed by atoms with Crippen LogP contribution in [0.15, 0.2) is 41.3 Å². The van der Waals surface area contributed by atoms with Crippen LogP contribution < -0.4 is 5.32 Å². The van der Waals surface area contributed by atoms with Crippen LogP contribution in [0.4, 0.5) is 14.5 Å². The van der Waals surface area contributed by atoms with Gasteiger partial charge in [0.15, 0.2) is 0 Å². The van der Waals surface area contributed by atoms with E-state index in [4.69, 9.17) is 0 Å². The molecule has 2 atom stereocenters. The smallest absolute Gasteiger partial charge is 0.340 e. The van der Waals surface area contributed by atoms with Crippen molar-refractivity contribution in [3.63, 3.8) is 0 Å². The fraction of sp³-hybridized carbons (Fsp3) is 0.364. The van der Waals surface area contributed by atoms with Crippen molar-refractivity contribution in [1.82, 2.24) is 4.31 Å². The molecule has 1 fully saturated rings. The number of piperidine rings is 1. The SMILES string of the molecule is COC(=O)c1cc(NC(=O)c2ccc(S(=O)(=O)N3CC(C)CC(C)C3)cc2)c(F)cc1F. The second-order valence-corrected chi connectivity index (χ2v) is 9.99. The molecule has 1 aliphatic rings. The lowest BCUT2D eigenvalue weighted by atomic mass is 9.94. The summed E-state index contributed by atoms with van der Waals surface area (Å²) in [5.74, 6) is -3.47. The molecule has 1 heterocycles. The summed E-state index contributed by atoms with van der Waals surface area (Å²) in [6.07, 6.45) is 0.961. The predicted octanol–water partition coefficient (Wildman–Crippen LogP) is 3.67. The molecule has 0 aromatic heterocycles. The standard InChI is InChI=1S/C22H24F2N2O5S/c1-13-8-14(2)12-26(11-13)32(29,30)16-6-4-15(5-7-16)21(27)25-20-9-17(22(28)31-3)18(23)10-19(20)24/h4-7,9-10,13-14H,8,11-12H2,1-3H3,(H,25,27). The lowest BCUT2D eigenvalue weighted by molar-refractivity contribution is 0.0595. The minimum Gasteiger partial charge on any atom is -0.465 e. The van der Waals surface area contributed by atoms with Crippen molar-refractivity contribution in [3.8, 4) is 0 Å². The fourth-order valence-electron chi connectivity index (χ4n) is 3.83. The maximum absolute atomic E-state index is 14.1. The molecule has 1 aliphatic heterocycles. The maximum Gasteiger partial charge on any atom is 0.340 e. The largest absolute Gasteiger partial charge is 0.465 e. The average molecular weight is 467 g/mol. The van der Waals surface area contributed by atoms with E-state index in [0.717, 1.165) is 19.6 Å². The number of hydrogen-bond acceptors (Lipinski definition) is 5. The molecule has 2 aromatic carbocycles. The van der Waals surface area contributed by atoms with E-state index in [1.807, 2.05) is 13.8 Å². The summed E-state index contributed by atoms with van der Waals surface area (Å²) in [5.41, 5.74) is -0.881. The number of hydrogen-bond donors (Lipinski definition) is 1. The third-order valence-corrected chi connectivity index (χ3v) is 7.15. The second kappa shape index (κ2) is 9.33. The zero-order valence-electron chi connectivity index (χ0n) is 17.9. The van der Waals surface area contributed by atoms with Crippen LogP contribution in [-0.4, -0.2) is 44.8 Å². The molecule has 1 saturated heterocycles. The minimum absolute atomic E-state index is 0.0521. The molecule has 3 rings (SSSR count). The van der Waals surface area contributed by atoms with E-state index in [9.17, 15) is 26.8 Å². The summed E-state index contributed by atoms with van der Waals surface area (Å²) in [5, 5.41) is 2.26. The monoisotopic (exact) mass is 466 g/mol. The third kappa shape index (κ3) is 4.97. The first-order valence-electron chi connectivity index (χ1n) is 10.0. The number of rotatable bonds is 5. The Bertz CT molecular complexity index is 1130. The summed E-state index contributed by atoms with van der Waals surface area (Å²) >= 11 is 0. The molecule has 7 nitrogen and oxygen atoms in total. The van der Waals surface area contributed by atoms with E-state index in [2.05, 4.69) is 10.1 Å². The summed E-state index contributed by atoms with van der Waals surface area (Å²) in [7, 11) is -2.66. The molecule has 0 radical (unpaired) electrons. The Balaban J connectivity index is 1.79. The van der Waals surface area contributed by atoms with Gasteiger partial charge in [-0.25, -0.2) is 22.0 Å². The number of halogens is 2. The van der Waals surface area contributed by atoms with Crippen LogP contribution in [0.25, 0.3) is 0 Å². The maximum atomic E-state index is 14.1. The van der Waals surface area contributed by atoms with Crippen LogP contribution in [0.2, 0.25) is 0 Å². The van der Waals surface area contributed by atoms with Crippen molar-refractivity contribution in [2.24, 2.45) is 11.8 Å². The molecule has 0 bridgehead atoms. The number of amides is 1. The topological polar surface area (TPSA) is 92.8 Å². The lowest BCUT2D eigenvalue weighted by Gasteiger charge is -2.34. The van der Waals surface area contributed by atoms with E-state index in [0.29, 0.717) is 19.2 Å². The van der Waals surface area contributed by atoms with Gasteiger partial charge in [0, 0.05) is 24.7 Å². The normalized spacial score (nSPS) is 19.4. The zero-order valence-corrected chi connectivity index (χ0v) is 18.7. The van der Waals surface area contributed by atoms with Crippen molar-refractivity contribution in [2.45, 2.75) is 25.2 Å².